The van der Waals surface area contributed by atoms with E-state index in [0.29, 0.717) is 5.02 Å². The molecule has 0 unspecified atom stereocenters. The zero-order chi connectivity index (χ0) is 11.4. The zero-order valence-electron chi connectivity index (χ0n) is 7.44. The molecule has 80 valence electrons. The van der Waals surface area contributed by atoms with E-state index in [9.17, 15) is 14.9 Å². The van der Waals surface area contributed by atoms with Crippen molar-refractivity contribution in [3.8, 4) is 0 Å². The van der Waals surface area contributed by atoms with E-state index in [0.717, 1.165) is 0 Å². The van der Waals surface area contributed by atoms with E-state index in [1.807, 2.05) is 5.32 Å². The van der Waals surface area contributed by atoms with Crippen molar-refractivity contribution >= 4 is 23.4 Å². The van der Waals surface area contributed by atoms with Crippen molar-refractivity contribution in [2.75, 3.05) is 0 Å². The molecule has 2 N–H and O–H groups in total. The fourth-order valence-electron chi connectivity index (χ4n) is 1.04. The van der Waals surface area contributed by atoms with Gasteiger partial charge in [0.05, 0.1) is 17.0 Å². The van der Waals surface area contributed by atoms with Crippen LogP contribution < -0.4 is 5.32 Å². The van der Waals surface area contributed by atoms with Crippen LogP contribution in [0.1, 0.15) is 5.56 Å². The number of carbonyl (C=O) groups is 1. The number of nitrogens with one attached hydrogen (secondary N) is 1. The van der Waals surface area contributed by atoms with E-state index < -0.39 is 11.0 Å². The van der Waals surface area contributed by atoms with Gasteiger partial charge in [-0.2, -0.15) is 0 Å². The van der Waals surface area contributed by atoms with Gasteiger partial charge in [-0.3, -0.25) is 10.1 Å². The second-order valence-electron chi connectivity index (χ2n) is 2.69. The van der Waals surface area contributed by atoms with Gasteiger partial charge in [0.1, 0.15) is 0 Å². The lowest BCUT2D eigenvalue weighted by Crippen LogP contribution is -2.20. The SMILES string of the molecule is O=C(O)NCc1cc(Cl)ccc1[N+](=O)[O-]. The summed E-state index contributed by atoms with van der Waals surface area (Å²) in [6, 6.07) is 3.97. The van der Waals surface area contributed by atoms with Crippen LogP contribution in [-0.4, -0.2) is 16.1 Å². The highest BCUT2D eigenvalue weighted by atomic mass is 35.5. The third-order valence-electron chi connectivity index (χ3n) is 1.67. The number of nitro benzene ring substituents is 1. The number of hydrogen-bond acceptors (Lipinski definition) is 3. The van der Waals surface area contributed by atoms with Gasteiger partial charge >= 0.3 is 6.09 Å². The summed E-state index contributed by atoms with van der Waals surface area (Å²) in [7, 11) is 0. The first kappa shape index (κ1) is 11.3. The Labute approximate surface area is 89.6 Å². The summed E-state index contributed by atoms with van der Waals surface area (Å²) in [6.07, 6.45) is -1.25. The second kappa shape index (κ2) is 4.61. The molecular formula is C8H7ClN2O4. The molecule has 0 radical (unpaired) electrons. The van der Waals surface area contributed by atoms with E-state index in [2.05, 4.69) is 0 Å². The number of nitrogens with zero attached hydrogens (tertiary/aromatic N) is 1. The lowest BCUT2D eigenvalue weighted by atomic mass is 10.2. The maximum absolute atomic E-state index is 10.6. The smallest absolute Gasteiger partial charge is 0.404 e. The largest absolute Gasteiger partial charge is 0.465 e. The molecule has 1 amide bonds. The van der Waals surface area contributed by atoms with Gasteiger partial charge in [-0.05, 0) is 12.1 Å². The van der Waals surface area contributed by atoms with Gasteiger partial charge in [0.15, 0.2) is 0 Å². The monoisotopic (exact) mass is 230 g/mol. The Morgan fingerprint density at radius 3 is 2.80 bits per heavy atom. The second-order valence-corrected chi connectivity index (χ2v) is 3.13. The average Bonchev–Trinajstić information content (AvgIpc) is 2.14. The topological polar surface area (TPSA) is 92.5 Å². The van der Waals surface area contributed by atoms with E-state index >= 15 is 0 Å². The fraction of sp³-hybridized carbons (Fsp3) is 0.125. The predicted octanol–water partition coefficient (Wildman–Crippen LogP) is 2.02. The minimum atomic E-state index is -1.25. The van der Waals surface area contributed by atoms with Crippen molar-refractivity contribution in [2.45, 2.75) is 6.54 Å². The van der Waals surface area contributed by atoms with E-state index in [4.69, 9.17) is 16.7 Å². The molecule has 7 heteroatoms. The fourth-order valence-corrected chi connectivity index (χ4v) is 1.24. The van der Waals surface area contributed by atoms with Crippen molar-refractivity contribution < 1.29 is 14.8 Å². The van der Waals surface area contributed by atoms with Crippen LogP contribution in [0.2, 0.25) is 5.02 Å². The van der Waals surface area contributed by atoms with Crippen molar-refractivity contribution in [2.24, 2.45) is 0 Å². The molecule has 0 saturated carbocycles. The lowest BCUT2D eigenvalue weighted by Gasteiger charge is -2.03. The molecule has 0 aliphatic carbocycles. The molecule has 1 aromatic rings. The van der Waals surface area contributed by atoms with Crippen LogP contribution in [0.4, 0.5) is 10.5 Å². The summed E-state index contributed by atoms with van der Waals surface area (Å²) in [6.45, 7) is -0.147. The van der Waals surface area contributed by atoms with Gasteiger partial charge in [-0.25, -0.2) is 4.79 Å². The molecule has 0 saturated heterocycles. The molecule has 0 spiro atoms. The summed E-state index contributed by atoms with van der Waals surface area (Å²) in [5, 5.41) is 21.3. The van der Waals surface area contributed by atoms with Gasteiger partial charge in [0.2, 0.25) is 0 Å². The molecule has 1 rings (SSSR count). The molecule has 0 fully saturated rings. The molecule has 0 aliphatic rings. The summed E-state index contributed by atoms with van der Waals surface area (Å²) in [5.41, 5.74) is 0.0723. The molecule has 0 bridgehead atoms. The highest BCUT2D eigenvalue weighted by Gasteiger charge is 2.13. The average molecular weight is 231 g/mol. The molecule has 0 aliphatic heterocycles. The summed E-state index contributed by atoms with van der Waals surface area (Å²) >= 11 is 5.64. The Morgan fingerprint density at radius 1 is 1.60 bits per heavy atom. The van der Waals surface area contributed by atoms with Crippen LogP contribution in [0.15, 0.2) is 18.2 Å². The molecule has 6 nitrogen and oxygen atoms in total. The first-order valence-corrected chi connectivity index (χ1v) is 4.28. The molecule has 15 heavy (non-hydrogen) atoms. The normalized spacial score (nSPS) is 9.67. The number of benzene rings is 1. The summed E-state index contributed by atoms with van der Waals surface area (Å²) in [4.78, 5) is 20.2. The Kier molecular flexibility index (Phi) is 3.46. The molecule has 1 aromatic carbocycles. The number of carboxylic acid groups (broad SMARTS) is 1. The van der Waals surface area contributed by atoms with Crippen LogP contribution in [0.5, 0.6) is 0 Å². The standard InChI is InChI=1S/C8H7ClN2O4/c9-6-1-2-7(11(14)15)5(3-6)4-10-8(12)13/h1-3,10H,4H2,(H,12,13). The van der Waals surface area contributed by atoms with Gasteiger partial charge in [0, 0.05) is 11.1 Å². The van der Waals surface area contributed by atoms with Crippen LogP contribution in [0, 0.1) is 10.1 Å². The molecule has 0 aromatic heterocycles. The Bertz CT molecular complexity index is 408. The van der Waals surface area contributed by atoms with Gasteiger partial charge in [0.25, 0.3) is 5.69 Å². The van der Waals surface area contributed by atoms with Crippen molar-refractivity contribution in [1.29, 1.82) is 0 Å². The summed E-state index contributed by atoms with van der Waals surface area (Å²) < 4.78 is 0. The minimum Gasteiger partial charge on any atom is -0.465 e. The summed E-state index contributed by atoms with van der Waals surface area (Å²) in [5.74, 6) is 0. The van der Waals surface area contributed by atoms with Crippen molar-refractivity contribution in [3.05, 3.63) is 38.9 Å². The third kappa shape index (κ3) is 3.10. The number of hydrogen-bond donors (Lipinski definition) is 2. The maximum Gasteiger partial charge on any atom is 0.404 e. The Balaban J connectivity index is 2.96. The van der Waals surface area contributed by atoms with Crippen LogP contribution in [0.3, 0.4) is 0 Å². The highest BCUT2D eigenvalue weighted by Crippen LogP contribution is 2.22. The minimum absolute atomic E-state index is 0.147. The van der Waals surface area contributed by atoms with Gasteiger partial charge in [-0.15, -0.1) is 0 Å². The number of nitro groups is 1. The number of rotatable bonds is 3. The zero-order valence-corrected chi connectivity index (χ0v) is 8.19. The van der Waals surface area contributed by atoms with E-state index in [1.165, 1.54) is 18.2 Å². The first-order chi connectivity index (χ1) is 7.00. The predicted molar refractivity (Wildman–Crippen MR) is 53.0 cm³/mol. The molecular weight excluding hydrogens is 224 g/mol. The highest BCUT2D eigenvalue weighted by molar-refractivity contribution is 6.30. The van der Waals surface area contributed by atoms with Crippen LogP contribution >= 0.6 is 11.6 Å². The number of amides is 1. The van der Waals surface area contributed by atoms with Crippen LogP contribution in [-0.2, 0) is 6.54 Å². The van der Waals surface area contributed by atoms with E-state index in [-0.39, 0.29) is 17.8 Å². The van der Waals surface area contributed by atoms with Gasteiger partial charge < -0.3 is 10.4 Å². The Morgan fingerprint density at radius 2 is 2.27 bits per heavy atom. The quantitative estimate of drug-likeness (QED) is 0.614. The molecule has 0 atom stereocenters. The van der Waals surface area contributed by atoms with E-state index in [1.54, 1.807) is 0 Å². The van der Waals surface area contributed by atoms with Gasteiger partial charge in [-0.1, -0.05) is 11.6 Å². The van der Waals surface area contributed by atoms with Crippen LogP contribution in [0.25, 0.3) is 0 Å². The maximum atomic E-state index is 10.6. The Hall–Kier alpha value is -1.82. The van der Waals surface area contributed by atoms with Crippen molar-refractivity contribution in [3.63, 3.8) is 0 Å². The third-order valence-corrected chi connectivity index (χ3v) is 1.90. The first-order valence-electron chi connectivity index (χ1n) is 3.90. The number of halogens is 1. The molecule has 0 heterocycles. The van der Waals surface area contributed by atoms with Crippen molar-refractivity contribution in [1.82, 2.24) is 5.32 Å². The lowest BCUT2D eigenvalue weighted by molar-refractivity contribution is -0.385.